The Morgan fingerprint density at radius 2 is 1.85 bits per heavy atom. The topological polar surface area (TPSA) is 66.5 Å². The van der Waals surface area contributed by atoms with E-state index in [0.717, 1.165) is 18.6 Å². The van der Waals surface area contributed by atoms with Crippen LogP contribution in [0.25, 0.3) is 11.1 Å². The summed E-state index contributed by atoms with van der Waals surface area (Å²) in [5.74, 6) is -1.57. The predicted octanol–water partition coefficient (Wildman–Crippen LogP) is 2.92. The summed E-state index contributed by atoms with van der Waals surface area (Å²) in [7, 11) is -3.72. The summed E-state index contributed by atoms with van der Waals surface area (Å²) >= 11 is 0. The Bertz CT molecular complexity index is 946. The van der Waals surface area contributed by atoms with E-state index >= 15 is 0 Å². The lowest BCUT2D eigenvalue weighted by molar-refractivity contribution is -0.119. The van der Waals surface area contributed by atoms with Gasteiger partial charge in [-0.1, -0.05) is 12.1 Å². The minimum absolute atomic E-state index is 0.0947. The van der Waals surface area contributed by atoms with Crippen molar-refractivity contribution < 1.29 is 22.0 Å². The van der Waals surface area contributed by atoms with Gasteiger partial charge >= 0.3 is 0 Å². The number of benzene rings is 2. The molecule has 2 aromatic carbocycles. The molecular weight excluding hydrogens is 374 g/mol. The normalized spacial score (nSPS) is 18.3. The third-order valence-corrected chi connectivity index (χ3v) is 6.41. The third kappa shape index (κ3) is 4.33. The highest BCUT2D eigenvalue weighted by molar-refractivity contribution is 7.89. The van der Waals surface area contributed by atoms with Crippen LogP contribution < -0.4 is 5.32 Å². The van der Waals surface area contributed by atoms with Gasteiger partial charge in [-0.3, -0.25) is 4.79 Å². The van der Waals surface area contributed by atoms with Gasteiger partial charge in [0.25, 0.3) is 0 Å². The lowest BCUT2D eigenvalue weighted by atomic mass is 10.1. The number of hydrogen-bond donors (Lipinski definition) is 1. The van der Waals surface area contributed by atoms with Crippen molar-refractivity contribution >= 4 is 15.9 Å². The Morgan fingerprint density at radius 1 is 1.15 bits per heavy atom. The van der Waals surface area contributed by atoms with Crippen molar-refractivity contribution in [3.63, 3.8) is 0 Å². The highest BCUT2D eigenvalue weighted by Crippen LogP contribution is 2.27. The van der Waals surface area contributed by atoms with Gasteiger partial charge in [0, 0.05) is 37.7 Å². The van der Waals surface area contributed by atoms with E-state index in [4.69, 9.17) is 0 Å². The molecule has 1 heterocycles. The van der Waals surface area contributed by atoms with Crippen LogP contribution in [0.5, 0.6) is 0 Å². The molecule has 1 aliphatic heterocycles. The summed E-state index contributed by atoms with van der Waals surface area (Å²) in [6.45, 7) is 2.00. The summed E-state index contributed by atoms with van der Waals surface area (Å²) in [6, 6.07) is 8.87. The third-order valence-electron chi connectivity index (χ3n) is 4.53. The number of amides is 1. The second-order valence-electron chi connectivity index (χ2n) is 6.55. The molecule has 1 amide bonds. The molecule has 0 spiro atoms. The largest absolute Gasteiger partial charge is 0.352 e. The van der Waals surface area contributed by atoms with Crippen molar-refractivity contribution in [2.45, 2.75) is 30.7 Å². The second-order valence-corrected chi connectivity index (χ2v) is 8.49. The lowest BCUT2D eigenvalue weighted by Gasteiger charge is -2.32. The van der Waals surface area contributed by atoms with E-state index in [1.165, 1.54) is 41.6 Å². The molecule has 5 nitrogen and oxygen atoms in total. The maximum atomic E-state index is 13.9. The van der Waals surface area contributed by atoms with Crippen LogP contribution in [0.15, 0.2) is 47.4 Å². The highest BCUT2D eigenvalue weighted by Gasteiger charge is 2.30. The van der Waals surface area contributed by atoms with Crippen molar-refractivity contribution in [1.29, 1.82) is 0 Å². The van der Waals surface area contributed by atoms with Gasteiger partial charge < -0.3 is 5.32 Å². The fourth-order valence-corrected chi connectivity index (χ4v) is 4.77. The van der Waals surface area contributed by atoms with E-state index in [0.29, 0.717) is 18.5 Å². The van der Waals surface area contributed by atoms with Crippen LogP contribution in [-0.2, 0) is 14.8 Å². The fourth-order valence-electron chi connectivity index (χ4n) is 3.25. The number of nitrogens with one attached hydrogen (secondary N) is 1. The number of sulfonamides is 1. The minimum atomic E-state index is -3.72. The molecule has 1 N–H and O–H groups in total. The van der Waals surface area contributed by atoms with Crippen LogP contribution in [0.4, 0.5) is 8.78 Å². The van der Waals surface area contributed by atoms with E-state index < -0.39 is 21.7 Å². The summed E-state index contributed by atoms with van der Waals surface area (Å²) < 4.78 is 54.0. The zero-order valence-electron chi connectivity index (χ0n) is 14.8. The number of nitrogens with zero attached hydrogens (tertiary/aromatic N) is 1. The molecule has 27 heavy (non-hydrogen) atoms. The monoisotopic (exact) mass is 394 g/mol. The average molecular weight is 394 g/mol. The average Bonchev–Trinajstić information content (AvgIpc) is 2.61. The summed E-state index contributed by atoms with van der Waals surface area (Å²) in [4.78, 5) is 11.3. The van der Waals surface area contributed by atoms with Gasteiger partial charge in [0.15, 0.2) is 0 Å². The summed E-state index contributed by atoms with van der Waals surface area (Å²) in [5.41, 5.74) is 0.658. The second kappa shape index (κ2) is 7.74. The van der Waals surface area contributed by atoms with Crippen LogP contribution >= 0.6 is 0 Å². The summed E-state index contributed by atoms with van der Waals surface area (Å²) in [6.07, 6.45) is 1.39. The van der Waals surface area contributed by atoms with Crippen molar-refractivity contribution in [3.8, 4) is 11.1 Å². The molecule has 1 fully saturated rings. The first-order valence-electron chi connectivity index (χ1n) is 8.60. The van der Waals surface area contributed by atoms with E-state index in [2.05, 4.69) is 5.32 Å². The molecule has 0 bridgehead atoms. The molecule has 0 radical (unpaired) electrons. The van der Waals surface area contributed by atoms with Crippen LogP contribution in [0.3, 0.4) is 0 Å². The Morgan fingerprint density at radius 3 is 2.48 bits per heavy atom. The Hall–Kier alpha value is -2.32. The first-order valence-corrected chi connectivity index (χ1v) is 10.0. The Labute approximate surface area is 157 Å². The number of piperidine rings is 1. The molecule has 1 aliphatic rings. The van der Waals surface area contributed by atoms with Crippen LogP contribution in [0.2, 0.25) is 0 Å². The van der Waals surface area contributed by atoms with Crippen LogP contribution in [0.1, 0.15) is 19.8 Å². The smallest absolute Gasteiger partial charge is 0.243 e. The molecule has 1 saturated heterocycles. The van der Waals surface area contributed by atoms with E-state index in [9.17, 15) is 22.0 Å². The molecule has 8 heteroatoms. The maximum absolute atomic E-state index is 13.9. The quantitative estimate of drug-likeness (QED) is 0.867. The maximum Gasteiger partial charge on any atom is 0.243 e. The molecule has 0 aliphatic carbocycles. The molecule has 1 atom stereocenters. The summed E-state index contributed by atoms with van der Waals surface area (Å²) in [5, 5.41) is 2.76. The van der Waals surface area contributed by atoms with Crippen molar-refractivity contribution in [1.82, 2.24) is 9.62 Å². The predicted molar refractivity (Wildman–Crippen MR) is 97.4 cm³/mol. The fraction of sp³-hybridized carbons (Fsp3) is 0.316. The standard InChI is InChI=1S/C19H20F2N2O3S/c1-13(24)22-16-3-2-10-23(12-16)27(25,26)17-7-4-14(5-8-17)18-9-6-15(20)11-19(18)21/h4-9,11,16H,2-3,10,12H2,1H3,(H,22,24). The van der Waals surface area contributed by atoms with Crippen molar-refractivity contribution in [2.24, 2.45) is 0 Å². The van der Waals surface area contributed by atoms with E-state index in [1.807, 2.05) is 0 Å². The van der Waals surface area contributed by atoms with Gasteiger partial charge in [0.05, 0.1) is 4.90 Å². The van der Waals surface area contributed by atoms with E-state index in [1.54, 1.807) is 0 Å². The first-order chi connectivity index (χ1) is 12.8. The van der Waals surface area contributed by atoms with Crippen molar-refractivity contribution in [2.75, 3.05) is 13.1 Å². The molecule has 3 rings (SSSR count). The SMILES string of the molecule is CC(=O)NC1CCCN(S(=O)(=O)c2ccc(-c3ccc(F)cc3F)cc2)C1. The lowest BCUT2D eigenvalue weighted by Crippen LogP contribution is -2.49. The highest BCUT2D eigenvalue weighted by atomic mass is 32.2. The van der Waals surface area contributed by atoms with Crippen molar-refractivity contribution in [3.05, 3.63) is 54.1 Å². The minimum Gasteiger partial charge on any atom is -0.352 e. The van der Waals surface area contributed by atoms with Gasteiger partial charge in [0.1, 0.15) is 11.6 Å². The zero-order valence-corrected chi connectivity index (χ0v) is 15.6. The molecule has 1 unspecified atom stereocenters. The molecule has 0 saturated carbocycles. The number of carbonyl (C=O) groups is 1. The van der Waals surface area contributed by atoms with Crippen LogP contribution in [0, 0.1) is 11.6 Å². The number of hydrogen-bond acceptors (Lipinski definition) is 3. The molecule has 144 valence electrons. The first kappa shape index (κ1) is 19.4. The van der Waals surface area contributed by atoms with Gasteiger partial charge in [-0.25, -0.2) is 17.2 Å². The van der Waals surface area contributed by atoms with Gasteiger partial charge in [0.2, 0.25) is 15.9 Å². The van der Waals surface area contributed by atoms with E-state index in [-0.39, 0.29) is 29.0 Å². The number of halogens is 2. The van der Waals surface area contributed by atoms with Gasteiger partial charge in [-0.2, -0.15) is 4.31 Å². The van der Waals surface area contributed by atoms with Crippen LogP contribution in [-0.4, -0.2) is 37.8 Å². The Balaban J connectivity index is 1.82. The molecule has 2 aromatic rings. The number of rotatable bonds is 4. The molecule has 0 aromatic heterocycles. The van der Waals surface area contributed by atoms with Gasteiger partial charge in [-0.15, -0.1) is 0 Å². The van der Waals surface area contributed by atoms with Gasteiger partial charge in [-0.05, 0) is 42.7 Å². The molecular formula is C19H20F2N2O3S. The Kier molecular flexibility index (Phi) is 5.57. The zero-order chi connectivity index (χ0) is 19.6. The number of carbonyl (C=O) groups excluding carboxylic acids is 1.